The molecule has 118 valence electrons. The summed E-state index contributed by atoms with van der Waals surface area (Å²) in [6, 6.07) is 7.74. The van der Waals surface area contributed by atoms with Crippen LogP contribution in [0.4, 0.5) is 4.79 Å². The summed E-state index contributed by atoms with van der Waals surface area (Å²) < 4.78 is 7.94. The molecule has 0 bridgehead atoms. The van der Waals surface area contributed by atoms with Crippen LogP contribution in [0, 0.1) is 0 Å². The van der Waals surface area contributed by atoms with Gasteiger partial charge in [0.15, 0.2) is 0 Å². The summed E-state index contributed by atoms with van der Waals surface area (Å²) in [5.41, 5.74) is 1.07. The first-order valence-corrected chi connectivity index (χ1v) is 7.65. The normalized spacial score (nSPS) is 11.3. The number of halogens is 1. The molecule has 1 amide bonds. The first-order valence-electron chi connectivity index (χ1n) is 6.86. The van der Waals surface area contributed by atoms with Crippen LogP contribution >= 0.6 is 15.9 Å². The minimum Gasteiger partial charge on any atom is -0.444 e. The van der Waals surface area contributed by atoms with E-state index in [2.05, 4.69) is 26.2 Å². The number of ether oxygens (including phenoxy) is 1. The fraction of sp³-hybridized carbons (Fsp3) is 0.400. The maximum Gasteiger partial charge on any atom is 0.410 e. The van der Waals surface area contributed by atoms with Gasteiger partial charge in [-0.2, -0.15) is 0 Å². The molecule has 0 unspecified atom stereocenters. The van der Waals surface area contributed by atoms with Crippen LogP contribution < -0.4 is 0 Å². The third-order valence-corrected chi connectivity index (χ3v) is 3.21. The van der Waals surface area contributed by atoms with E-state index < -0.39 is 5.60 Å². The van der Waals surface area contributed by atoms with Gasteiger partial charge in [-0.05, 0) is 39.0 Å². The number of carbonyl (C=O) groups is 1. The standard InChI is InChI=1S/C15H19BrN4O2/c1-15(2,3)22-14(21)19(4)9-12-10-20(18-17-12)13-7-5-6-11(16)8-13/h5-8,10H,9H2,1-4H3. The lowest BCUT2D eigenvalue weighted by molar-refractivity contribution is 0.0283. The maximum absolute atomic E-state index is 11.9. The van der Waals surface area contributed by atoms with Gasteiger partial charge in [-0.3, -0.25) is 0 Å². The summed E-state index contributed by atoms with van der Waals surface area (Å²) in [5.74, 6) is 0. The Hall–Kier alpha value is -1.89. The van der Waals surface area contributed by atoms with Gasteiger partial charge in [0.05, 0.1) is 18.4 Å². The maximum atomic E-state index is 11.9. The van der Waals surface area contributed by atoms with Gasteiger partial charge in [0, 0.05) is 11.5 Å². The van der Waals surface area contributed by atoms with E-state index >= 15 is 0 Å². The number of aromatic nitrogens is 3. The molecule has 0 spiro atoms. The number of hydrogen-bond donors (Lipinski definition) is 0. The number of hydrogen-bond acceptors (Lipinski definition) is 4. The highest BCUT2D eigenvalue weighted by Crippen LogP contribution is 2.15. The topological polar surface area (TPSA) is 60.2 Å². The number of rotatable bonds is 3. The monoisotopic (exact) mass is 366 g/mol. The summed E-state index contributed by atoms with van der Waals surface area (Å²) in [6.07, 6.45) is 1.41. The molecule has 6 nitrogen and oxygen atoms in total. The van der Waals surface area contributed by atoms with E-state index in [0.29, 0.717) is 12.2 Å². The van der Waals surface area contributed by atoms with Crippen molar-refractivity contribution in [3.8, 4) is 5.69 Å². The van der Waals surface area contributed by atoms with E-state index in [4.69, 9.17) is 4.74 Å². The average Bonchev–Trinajstić information content (AvgIpc) is 2.85. The minimum atomic E-state index is -0.515. The van der Waals surface area contributed by atoms with Crippen molar-refractivity contribution in [2.45, 2.75) is 32.9 Å². The zero-order valence-corrected chi connectivity index (χ0v) is 14.7. The Morgan fingerprint density at radius 2 is 2.14 bits per heavy atom. The Labute approximate surface area is 138 Å². The summed E-state index contributed by atoms with van der Waals surface area (Å²) >= 11 is 3.42. The SMILES string of the molecule is CN(Cc1cn(-c2cccc(Br)c2)nn1)C(=O)OC(C)(C)C. The van der Waals surface area contributed by atoms with Crippen molar-refractivity contribution < 1.29 is 9.53 Å². The molecule has 0 saturated heterocycles. The molecular formula is C15H19BrN4O2. The highest BCUT2D eigenvalue weighted by molar-refractivity contribution is 9.10. The van der Waals surface area contributed by atoms with E-state index in [1.54, 1.807) is 17.9 Å². The second-order valence-corrected chi connectivity index (χ2v) is 6.89. The third kappa shape index (κ3) is 4.56. The molecule has 1 aromatic heterocycles. The van der Waals surface area contributed by atoms with Crippen LogP contribution in [0.1, 0.15) is 26.5 Å². The van der Waals surface area contributed by atoms with Crippen LogP contribution in [0.25, 0.3) is 5.69 Å². The third-order valence-electron chi connectivity index (χ3n) is 2.72. The van der Waals surface area contributed by atoms with Crippen molar-refractivity contribution in [1.82, 2.24) is 19.9 Å². The van der Waals surface area contributed by atoms with Gasteiger partial charge >= 0.3 is 6.09 Å². The van der Waals surface area contributed by atoms with Crippen LogP contribution in [0.5, 0.6) is 0 Å². The lowest BCUT2D eigenvalue weighted by Gasteiger charge is -2.24. The molecule has 7 heteroatoms. The van der Waals surface area contributed by atoms with Crippen LogP contribution in [-0.2, 0) is 11.3 Å². The fourth-order valence-corrected chi connectivity index (χ4v) is 2.15. The molecule has 2 aromatic rings. The van der Waals surface area contributed by atoms with Gasteiger partial charge < -0.3 is 9.64 Å². The molecule has 0 radical (unpaired) electrons. The van der Waals surface area contributed by atoms with Crippen LogP contribution in [-0.4, -0.2) is 38.6 Å². The van der Waals surface area contributed by atoms with Crippen LogP contribution in [0.15, 0.2) is 34.9 Å². The predicted octanol–water partition coefficient (Wildman–Crippen LogP) is 3.40. The molecule has 0 fully saturated rings. The first-order chi connectivity index (χ1) is 10.2. The first kappa shape index (κ1) is 16.5. The molecule has 2 rings (SSSR count). The predicted molar refractivity (Wildman–Crippen MR) is 86.8 cm³/mol. The summed E-state index contributed by atoms with van der Waals surface area (Å²) in [4.78, 5) is 13.4. The van der Waals surface area contributed by atoms with Gasteiger partial charge in [0.25, 0.3) is 0 Å². The van der Waals surface area contributed by atoms with Gasteiger partial charge in [0.1, 0.15) is 11.3 Å². The Morgan fingerprint density at radius 3 is 2.77 bits per heavy atom. The van der Waals surface area contributed by atoms with Crippen LogP contribution in [0.2, 0.25) is 0 Å². The number of amides is 1. The lowest BCUT2D eigenvalue weighted by atomic mass is 10.2. The van der Waals surface area contributed by atoms with Crippen molar-refractivity contribution in [3.05, 3.63) is 40.6 Å². The lowest BCUT2D eigenvalue weighted by Crippen LogP contribution is -2.33. The summed E-state index contributed by atoms with van der Waals surface area (Å²) in [5, 5.41) is 8.17. The molecule has 0 aliphatic carbocycles. The fourth-order valence-electron chi connectivity index (χ4n) is 1.76. The van der Waals surface area contributed by atoms with Crippen molar-refractivity contribution in [2.75, 3.05) is 7.05 Å². The molecule has 0 aliphatic heterocycles. The molecular weight excluding hydrogens is 348 g/mol. The van der Waals surface area contributed by atoms with Crippen molar-refractivity contribution in [1.29, 1.82) is 0 Å². The van der Waals surface area contributed by atoms with Crippen molar-refractivity contribution in [2.24, 2.45) is 0 Å². The van der Waals surface area contributed by atoms with E-state index in [1.807, 2.05) is 45.0 Å². The zero-order valence-electron chi connectivity index (χ0n) is 13.1. The minimum absolute atomic E-state index is 0.336. The second kappa shape index (κ2) is 6.48. The molecule has 22 heavy (non-hydrogen) atoms. The average molecular weight is 367 g/mol. The van der Waals surface area contributed by atoms with Gasteiger partial charge in [-0.15, -0.1) is 5.10 Å². The quantitative estimate of drug-likeness (QED) is 0.834. The summed E-state index contributed by atoms with van der Waals surface area (Å²) in [7, 11) is 1.67. The molecule has 1 heterocycles. The Kier molecular flexibility index (Phi) is 4.85. The molecule has 0 atom stereocenters. The Morgan fingerprint density at radius 1 is 1.41 bits per heavy atom. The van der Waals surface area contributed by atoms with E-state index in [-0.39, 0.29) is 6.09 Å². The van der Waals surface area contributed by atoms with Gasteiger partial charge in [-0.25, -0.2) is 9.48 Å². The van der Waals surface area contributed by atoms with Crippen molar-refractivity contribution >= 4 is 22.0 Å². The molecule has 0 N–H and O–H groups in total. The van der Waals surface area contributed by atoms with Crippen molar-refractivity contribution in [3.63, 3.8) is 0 Å². The summed E-state index contributed by atoms with van der Waals surface area (Å²) in [6.45, 7) is 5.84. The van der Waals surface area contributed by atoms with Crippen LogP contribution in [0.3, 0.4) is 0 Å². The smallest absolute Gasteiger partial charge is 0.410 e. The Balaban J connectivity index is 2.04. The molecule has 0 saturated carbocycles. The van der Waals surface area contributed by atoms with E-state index in [9.17, 15) is 4.79 Å². The van der Waals surface area contributed by atoms with Gasteiger partial charge in [-0.1, -0.05) is 27.2 Å². The second-order valence-electron chi connectivity index (χ2n) is 5.97. The number of benzene rings is 1. The number of nitrogens with zero attached hydrogens (tertiary/aromatic N) is 4. The van der Waals surface area contributed by atoms with E-state index in [1.165, 1.54) is 4.90 Å². The highest BCUT2D eigenvalue weighted by Gasteiger charge is 2.20. The Bertz CT molecular complexity index is 664. The van der Waals surface area contributed by atoms with E-state index in [0.717, 1.165) is 10.2 Å². The highest BCUT2D eigenvalue weighted by atomic mass is 79.9. The largest absolute Gasteiger partial charge is 0.444 e. The number of carbonyl (C=O) groups excluding carboxylic acids is 1. The zero-order chi connectivity index (χ0) is 16.3. The molecule has 0 aliphatic rings. The molecule has 1 aromatic carbocycles. The van der Waals surface area contributed by atoms with Gasteiger partial charge in [0.2, 0.25) is 0 Å².